The van der Waals surface area contributed by atoms with E-state index in [4.69, 9.17) is 4.84 Å². The first kappa shape index (κ1) is 22.1. The second kappa shape index (κ2) is 11.6. The molecule has 0 aromatic carbocycles. The van der Waals surface area contributed by atoms with Gasteiger partial charge in [-0.2, -0.15) is 0 Å². The molecule has 0 amide bonds. The zero-order valence-corrected chi connectivity index (χ0v) is 15.8. The Bertz CT molecular complexity index is 403. The van der Waals surface area contributed by atoms with E-state index in [1.807, 2.05) is 6.92 Å². The highest BCUT2D eigenvalue weighted by Crippen LogP contribution is 2.29. The van der Waals surface area contributed by atoms with Crippen LogP contribution in [0.1, 0.15) is 78.1 Å². The Labute approximate surface area is 151 Å². The van der Waals surface area contributed by atoms with Gasteiger partial charge in [0, 0.05) is 6.42 Å². The van der Waals surface area contributed by atoms with E-state index in [9.17, 15) is 19.8 Å². The fourth-order valence-corrected chi connectivity index (χ4v) is 3.26. The van der Waals surface area contributed by atoms with E-state index in [0.717, 1.165) is 44.8 Å². The van der Waals surface area contributed by atoms with Crippen LogP contribution in [-0.2, 0) is 14.4 Å². The van der Waals surface area contributed by atoms with Crippen molar-refractivity contribution in [2.24, 2.45) is 5.92 Å². The van der Waals surface area contributed by atoms with Gasteiger partial charge < -0.3 is 19.8 Å². The number of carbonyl (C=O) groups is 2. The molecular weight excluding hydrogens is 322 g/mol. The van der Waals surface area contributed by atoms with Gasteiger partial charge in [-0.25, -0.2) is 0 Å². The van der Waals surface area contributed by atoms with Crippen molar-refractivity contribution < 1.29 is 24.6 Å². The average molecular weight is 357 g/mol. The van der Waals surface area contributed by atoms with E-state index in [-0.39, 0.29) is 25.0 Å². The fraction of sp³-hybridized carbons (Fsp3) is 0.895. The number of rotatable bonds is 13. The Balaban J connectivity index is 2.15. The standard InChI is InChI=1S/C19H35NO5/c1-16(11-9-7-5-3-4-6-8-10-12-21)18(24)25-20-14-17(23)13-19(20,2)15-22/h12,16-17,22-23H,3-11,13-15H2,1-2H3/t16?,17-,19+/m1/s1. The second-order valence-electron chi connectivity index (χ2n) is 7.60. The van der Waals surface area contributed by atoms with Crippen LogP contribution in [0.4, 0.5) is 0 Å². The van der Waals surface area contributed by atoms with Crippen LogP contribution >= 0.6 is 0 Å². The van der Waals surface area contributed by atoms with Crippen molar-refractivity contribution in [1.29, 1.82) is 0 Å². The molecule has 0 bridgehead atoms. The van der Waals surface area contributed by atoms with Crippen LogP contribution in [0.5, 0.6) is 0 Å². The van der Waals surface area contributed by atoms with Gasteiger partial charge in [-0.3, -0.25) is 4.79 Å². The van der Waals surface area contributed by atoms with Crippen molar-refractivity contribution in [2.75, 3.05) is 13.2 Å². The summed E-state index contributed by atoms with van der Waals surface area (Å²) in [7, 11) is 0. The lowest BCUT2D eigenvalue weighted by molar-refractivity contribution is -0.218. The number of aliphatic hydroxyl groups excluding tert-OH is 2. The zero-order valence-electron chi connectivity index (χ0n) is 15.8. The number of β-amino-alcohol motifs (C(OH)–C–C–N with tert-alkyl or cyclic N) is 1. The van der Waals surface area contributed by atoms with Gasteiger partial charge in [0.2, 0.25) is 0 Å². The Morgan fingerprint density at radius 3 is 2.44 bits per heavy atom. The molecule has 0 saturated carbocycles. The van der Waals surface area contributed by atoms with Crippen molar-refractivity contribution >= 4 is 12.3 Å². The van der Waals surface area contributed by atoms with Crippen LogP contribution in [0, 0.1) is 5.92 Å². The summed E-state index contributed by atoms with van der Waals surface area (Å²) in [6.07, 6.45) is 9.96. The van der Waals surface area contributed by atoms with Crippen molar-refractivity contribution in [3.8, 4) is 0 Å². The van der Waals surface area contributed by atoms with Gasteiger partial charge in [-0.1, -0.05) is 45.4 Å². The van der Waals surface area contributed by atoms with Crippen molar-refractivity contribution in [2.45, 2.75) is 89.7 Å². The molecule has 146 valence electrons. The summed E-state index contributed by atoms with van der Waals surface area (Å²) in [5.41, 5.74) is -0.696. The summed E-state index contributed by atoms with van der Waals surface area (Å²) >= 11 is 0. The first-order valence-corrected chi connectivity index (χ1v) is 9.65. The summed E-state index contributed by atoms with van der Waals surface area (Å²) < 4.78 is 0. The molecule has 2 N–H and O–H groups in total. The van der Waals surface area contributed by atoms with E-state index in [2.05, 4.69) is 0 Å². The molecule has 1 heterocycles. The largest absolute Gasteiger partial charge is 0.394 e. The van der Waals surface area contributed by atoms with Gasteiger partial charge in [-0.05, 0) is 26.2 Å². The molecule has 0 aromatic rings. The predicted molar refractivity (Wildman–Crippen MR) is 95.7 cm³/mol. The minimum absolute atomic E-state index is 0.154. The van der Waals surface area contributed by atoms with Crippen LogP contribution in [0.3, 0.4) is 0 Å². The molecule has 1 saturated heterocycles. The lowest BCUT2D eigenvalue weighted by Gasteiger charge is -2.31. The summed E-state index contributed by atoms with van der Waals surface area (Å²) in [4.78, 5) is 27.9. The van der Waals surface area contributed by atoms with Crippen LogP contribution in [-0.4, -0.2) is 52.3 Å². The van der Waals surface area contributed by atoms with E-state index < -0.39 is 11.6 Å². The molecule has 0 radical (unpaired) electrons. The van der Waals surface area contributed by atoms with Gasteiger partial charge in [0.15, 0.2) is 0 Å². The van der Waals surface area contributed by atoms with Crippen LogP contribution in [0.15, 0.2) is 0 Å². The minimum atomic E-state index is -0.696. The zero-order chi connectivity index (χ0) is 18.7. The Morgan fingerprint density at radius 2 is 1.84 bits per heavy atom. The molecule has 25 heavy (non-hydrogen) atoms. The number of nitrogens with zero attached hydrogens (tertiary/aromatic N) is 1. The maximum Gasteiger partial charge on any atom is 0.327 e. The molecule has 0 aliphatic carbocycles. The maximum atomic E-state index is 12.2. The molecule has 1 aliphatic heterocycles. The first-order valence-electron chi connectivity index (χ1n) is 9.65. The quantitative estimate of drug-likeness (QED) is 0.389. The Morgan fingerprint density at radius 1 is 1.24 bits per heavy atom. The Kier molecular flexibility index (Phi) is 10.2. The number of hydrogen-bond acceptors (Lipinski definition) is 6. The summed E-state index contributed by atoms with van der Waals surface area (Å²) in [6.45, 7) is 3.75. The molecule has 3 atom stereocenters. The molecule has 1 rings (SSSR count). The van der Waals surface area contributed by atoms with Crippen molar-refractivity contribution in [3.63, 3.8) is 0 Å². The number of aldehydes is 1. The van der Waals surface area contributed by atoms with Gasteiger partial charge in [0.25, 0.3) is 0 Å². The molecule has 0 spiro atoms. The van der Waals surface area contributed by atoms with E-state index in [1.165, 1.54) is 17.9 Å². The monoisotopic (exact) mass is 357 g/mol. The summed E-state index contributed by atoms with van der Waals surface area (Å²) in [6, 6.07) is 0. The molecule has 1 aliphatic rings. The second-order valence-corrected chi connectivity index (χ2v) is 7.60. The van der Waals surface area contributed by atoms with Gasteiger partial charge >= 0.3 is 5.97 Å². The van der Waals surface area contributed by atoms with E-state index >= 15 is 0 Å². The third-order valence-corrected chi connectivity index (χ3v) is 5.06. The molecule has 0 aromatic heterocycles. The van der Waals surface area contributed by atoms with Gasteiger partial charge in [-0.15, -0.1) is 5.06 Å². The normalized spacial score (nSPS) is 25.0. The number of unbranched alkanes of at least 4 members (excludes halogenated alkanes) is 7. The highest BCUT2D eigenvalue weighted by Gasteiger charge is 2.44. The topological polar surface area (TPSA) is 87.1 Å². The van der Waals surface area contributed by atoms with Crippen LogP contribution in [0.2, 0.25) is 0 Å². The number of hydrogen-bond donors (Lipinski definition) is 2. The summed E-state index contributed by atoms with van der Waals surface area (Å²) in [5.74, 6) is -0.476. The van der Waals surface area contributed by atoms with E-state index in [0.29, 0.717) is 12.8 Å². The third kappa shape index (κ3) is 7.84. The SMILES string of the molecule is CC(CCCCCCCCCC=O)C(=O)ON1C[C@H](O)C[C@@]1(C)CO. The third-order valence-electron chi connectivity index (χ3n) is 5.06. The minimum Gasteiger partial charge on any atom is -0.394 e. The van der Waals surface area contributed by atoms with Crippen molar-refractivity contribution in [3.05, 3.63) is 0 Å². The van der Waals surface area contributed by atoms with E-state index in [1.54, 1.807) is 6.92 Å². The molecule has 6 heteroatoms. The van der Waals surface area contributed by atoms with Crippen LogP contribution < -0.4 is 0 Å². The first-order chi connectivity index (χ1) is 11.9. The lowest BCUT2D eigenvalue weighted by Crippen LogP contribution is -2.45. The number of hydroxylamine groups is 2. The fourth-order valence-electron chi connectivity index (χ4n) is 3.26. The van der Waals surface area contributed by atoms with Crippen LogP contribution in [0.25, 0.3) is 0 Å². The Hall–Kier alpha value is -0.980. The average Bonchev–Trinajstić information content (AvgIpc) is 2.87. The highest BCUT2D eigenvalue weighted by atomic mass is 16.7. The number of carbonyl (C=O) groups excluding carboxylic acids is 2. The van der Waals surface area contributed by atoms with Crippen molar-refractivity contribution in [1.82, 2.24) is 5.06 Å². The molecule has 6 nitrogen and oxygen atoms in total. The summed E-state index contributed by atoms with van der Waals surface area (Å²) in [5, 5.41) is 20.7. The smallest absolute Gasteiger partial charge is 0.327 e. The highest BCUT2D eigenvalue weighted by molar-refractivity contribution is 5.71. The molecule has 1 fully saturated rings. The number of aliphatic hydroxyl groups is 2. The lowest BCUT2D eigenvalue weighted by atomic mass is 10.0. The molecule has 1 unspecified atom stereocenters. The van der Waals surface area contributed by atoms with Gasteiger partial charge in [0.05, 0.1) is 30.7 Å². The van der Waals surface area contributed by atoms with Gasteiger partial charge in [0.1, 0.15) is 6.29 Å². The predicted octanol–water partition coefficient (Wildman–Crippen LogP) is 2.61. The molecular formula is C19H35NO5. The maximum absolute atomic E-state index is 12.2.